The van der Waals surface area contributed by atoms with Crippen LogP contribution in [0.5, 0.6) is 0 Å². The molecule has 1 aromatic carbocycles. The Morgan fingerprint density at radius 1 is 1.15 bits per heavy atom. The average molecular weight is 435 g/mol. The number of nitrogens with one attached hydrogen (secondary N) is 2. The number of unbranched alkanes of at least 4 members (excludes halogenated alkanes) is 5. The molecule has 27 heavy (non-hydrogen) atoms. The van der Waals surface area contributed by atoms with Crippen LogP contribution in [0.3, 0.4) is 0 Å². The number of halogens is 2. The zero-order chi connectivity index (χ0) is 20.1. The van der Waals surface area contributed by atoms with Gasteiger partial charge in [0, 0.05) is 4.90 Å². The fraction of sp³-hybridized carbons (Fsp3) is 0.471. The molecule has 0 fully saturated rings. The SMILES string of the molecule is CCCCCCCCOC(=NC(=O)NSc1ccc(Cl)c(Cl)c1)NC(N)=O. The molecule has 0 aliphatic carbocycles. The van der Waals surface area contributed by atoms with Gasteiger partial charge in [-0.3, -0.25) is 10.0 Å². The highest BCUT2D eigenvalue weighted by Crippen LogP contribution is 2.26. The summed E-state index contributed by atoms with van der Waals surface area (Å²) in [6, 6.07) is 3.12. The molecule has 0 heterocycles. The molecule has 0 aromatic heterocycles. The number of primary amides is 1. The highest BCUT2D eigenvalue weighted by molar-refractivity contribution is 7.98. The van der Waals surface area contributed by atoms with Crippen LogP contribution >= 0.6 is 35.1 Å². The van der Waals surface area contributed by atoms with Gasteiger partial charge in [-0.25, -0.2) is 9.59 Å². The van der Waals surface area contributed by atoms with E-state index >= 15 is 0 Å². The van der Waals surface area contributed by atoms with E-state index in [9.17, 15) is 9.59 Å². The van der Waals surface area contributed by atoms with Crippen molar-refractivity contribution in [1.82, 2.24) is 10.0 Å². The summed E-state index contributed by atoms with van der Waals surface area (Å²) in [5.74, 6) is 0. The van der Waals surface area contributed by atoms with Gasteiger partial charge in [-0.2, -0.15) is 0 Å². The van der Waals surface area contributed by atoms with E-state index in [1.165, 1.54) is 19.3 Å². The quantitative estimate of drug-likeness (QED) is 0.217. The van der Waals surface area contributed by atoms with E-state index in [0.717, 1.165) is 31.2 Å². The molecule has 4 N–H and O–H groups in total. The molecule has 1 rings (SSSR count). The van der Waals surface area contributed by atoms with E-state index in [1.807, 2.05) is 0 Å². The summed E-state index contributed by atoms with van der Waals surface area (Å²) in [5.41, 5.74) is 5.08. The molecule has 0 unspecified atom stereocenters. The minimum Gasteiger partial charge on any atom is -0.465 e. The molecule has 0 saturated carbocycles. The summed E-state index contributed by atoms with van der Waals surface area (Å²) in [4.78, 5) is 27.3. The zero-order valence-corrected chi connectivity index (χ0v) is 17.4. The number of aliphatic imine (C=N–C) groups is 1. The number of carbonyl (C=O) groups excluding carboxylic acids is 2. The molecular weight excluding hydrogens is 411 g/mol. The van der Waals surface area contributed by atoms with Crippen LogP contribution in [0.1, 0.15) is 45.4 Å². The topological polar surface area (TPSA) is 106 Å². The second kappa shape index (κ2) is 13.5. The number of benzene rings is 1. The lowest BCUT2D eigenvalue weighted by atomic mass is 10.1. The van der Waals surface area contributed by atoms with E-state index in [1.54, 1.807) is 18.2 Å². The predicted molar refractivity (Wildman–Crippen MR) is 110 cm³/mol. The first kappa shape index (κ1) is 23.4. The van der Waals surface area contributed by atoms with Crippen molar-refractivity contribution >= 4 is 53.2 Å². The molecule has 0 aliphatic rings. The van der Waals surface area contributed by atoms with E-state index in [2.05, 4.69) is 22.0 Å². The predicted octanol–water partition coefficient (Wildman–Crippen LogP) is 5.11. The monoisotopic (exact) mass is 434 g/mol. The van der Waals surface area contributed by atoms with Gasteiger partial charge in [-0.15, -0.1) is 4.99 Å². The fourth-order valence-corrected chi connectivity index (χ4v) is 2.94. The van der Waals surface area contributed by atoms with Gasteiger partial charge in [-0.1, -0.05) is 62.2 Å². The number of amides is 4. The van der Waals surface area contributed by atoms with Gasteiger partial charge >= 0.3 is 18.1 Å². The van der Waals surface area contributed by atoms with Gasteiger partial charge in [0.1, 0.15) is 0 Å². The average Bonchev–Trinajstić information content (AvgIpc) is 2.61. The number of ether oxygens (including phenoxy) is 1. The minimum absolute atomic E-state index is 0.233. The maximum Gasteiger partial charge on any atom is 0.355 e. The Labute approximate surface area is 173 Å². The van der Waals surface area contributed by atoms with Gasteiger partial charge in [-0.05, 0) is 36.6 Å². The van der Waals surface area contributed by atoms with Gasteiger partial charge in [0.25, 0.3) is 0 Å². The van der Waals surface area contributed by atoms with E-state index in [4.69, 9.17) is 33.7 Å². The Bertz CT molecular complexity index is 659. The maximum atomic E-state index is 11.9. The van der Waals surface area contributed by atoms with Crippen molar-refractivity contribution in [2.75, 3.05) is 6.61 Å². The third-order valence-corrected chi connectivity index (χ3v) is 4.82. The second-order valence-corrected chi connectivity index (χ2v) is 7.30. The highest BCUT2D eigenvalue weighted by atomic mass is 35.5. The number of hydrogen-bond donors (Lipinski definition) is 3. The van der Waals surface area contributed by atoms with E-state index < -0.39 is 12.1 Å². The van der Waals surface area contributed by atoms with Crippen LogP contribution in [0.4, 0.5) is 9.59 Å². The van der Waals surface area contributed by atoms with Crippen molar-refractivity contribution in [1.29, 1.82) is 0 Å². The highest BCUT2D eigenvalue weighted by Gasteiger charge is 2.09. The van der Waals surface area contributed by atoms with Crippen LogP contribution in [0.25, 0.3) is 0 Å². The summed E-state index contributed by atoms with van der Waals surface area (Å²) >= 11 is 12.8. The van der Waals surface area contributed by atoms with Crippen LogP contribution in [0, 0.1) is 0 Å². The first-order valence-electron chi connectivity index (χ1n) is 8.62. The van der Waals surface area contributed by atoms with Crippen molar-refractivity contribution in [3.8, 4) is 0 Å². The Hall–Kier alpha value is -1.64. The smallest absolute Gasteiger partial charge is 0.355 e. The Morgan fingerprint density at radius 2 is 1.85 bits per heavy atom. The summed E-state index contributed by atoms with van der Waals surface area (Å²) in [6.07, 6.45) is 6.50. The number of urea groups is 2. The fourth-order valence-electron chi connectivity index (χ4n) is 2.01. The van der Waals surface area contributed by atoms with Crippen LogP contribution in [0.15, 0.2) is 28.1 Å². The molecule has 0 bridgehead atoms. The Kier molecular flexibility index (Phi) is 11.7. The molecule has 1 aromatic rings. The van der Waals surface area contributed by atoms with Crippen LogP contribution in [-0.2, 0) is 4.74 Å². The lowest BCUT2D eigenvalue weighted by Gasteiger charge is -2.09. The maximum absolute atomic E-state index is 11.9. The molecule has 10 heteroatoms. The van der Waals surface area contributed by atoms with Crippen LogP contribution < -0.4 is 15.8 Å². The molecule has 0 spiro atoms. The number of nitrogens with two attached hydrogens (primary N) is 1. The number of hydrogen-bond acceptors (Lipinski definition) is 4. The lowest BCUT2D eigenvalue weighted by Crippen LogP contribution is -2.37. The first-order valence-corrected chi connectivity index (χ1v) is 10.2. The largest absolute Gasteiger partial charge is 0.465 e. The third-order valence-electron chi connectivity index (χ3n) is 3.32. The number of rotatable bonds is 9. The summed E-state index contributed by atoms with van der Waals surface area (Å²) in [5, 5.41) is 2.99. The van der Waals surface area contributed by atoms with Crippen molar-refractivity contribution in [3.63, 3.8) is 0 Å². The molecule has 7 nitrogen and oxygen atoms in total. The summed E-state index contributed by atoms with van der Waals surface area (Å²) in [6.45, 7) is 2.49. The number of amidine groups is 1. The molecule has 4 amide bonds. The molecule has 150 valence electrons. The third kappa shape index (κ3) is 10.9. The van der Waals surface area contributed by atoms with Crippen molar-refractivity contribution < 1.29 is 14.3 Å². The first-order chi connectivity index (χ1) is 12.9. The molecule has 0 aliphatic heterocycles. The van der Waals surface area contributed by atoms with Gasteiger partial charge in [0.2, 0.25) is 0 Å². The lowest BCUT2D eigenvalue weighted by molar-refractivity contribution is 0.241. The van der Waals surface area contributed by atoms with Gasteiger partial charge in [0.05, 0.1) is 16.7 Å². The number of carbonyl (C=O) groups is 2. The van der Waals surface area contributed by atoms with Gasteiger partial charge < -0.3 is 10.5 Å². The standard InChI is InChI=1S/C17H24Cl2N4O3S/c1-2-3-4-5-6-7-10-26-17(21-15(20)24)22-16(25)23-27-12-8-9-13(18)14(19)11-12/h8-9,11H,2-7,10H2,1H3,(H4,20,21,22,23,24,25). The number of nitrogens with zero attached hydrogens (tertiary/aromatic N) is 1. The normalized spacial score (nSPS) is 11.1. The molecule has 0 atom stereocenters. The minimum atomic E-state index is -0.860. The molecular formula is C17H24Cl2N4O3S. The summed E-state index contributed by atoms with van der Waals surface area (Å²) < 4.78 is 7.84. The summed E-state index contributed by atoms with van der Waals surface area (Å²) in [7, 11) is 0. The Balaban J connectivity index is 2.46. The van der Waals surface area contributed by atoms with Crippen molar-refractivity contribution in [2.45, 2.75) is 50.3 Å². The van der Waals surface area contributed by atoms with E-state index in [-0.39, 0.29) is 6.02 Å². The zero-order valence-electron chi connectivity index (χ0n) is 15.1. The van der Waals surface area contributed by atoms with Crippen molar-refractivity contribution in [3.05, 3.63) is 28.2 Å². The van der Waals surface area contributed by atoms with E-state index in [0.29, 0.717) is 21.5 Å². The molecule has 0 radical (unpaired) electrons. The second-order valence-electron chi connectivity index (χ2n) is 5.61. The van der Waals surface area contributed by atoms with Crippen LogP contribution in [-0.4, -0.2) is 24.7 Å². The van der Waals surface area contributed by atoms with Gasteiger partial charge in [0.15, 0.2) is 0 Å². The van der Waals surface area contributed by atoms with Crippen LogP contribution in [0.2, 0.25) is 10.0 Å². The Morgan fingerprint density at radius 3 is 2.52 bits per heavy atom. The van der Waals surface area contributed by atoms with Crippen molar-refractivity contribution in [2.24, 2.45) is 10.7 Å². The molecule has 0 saturated heterocycles.